The van der Waals surface area contributed by atoms with Crippen molar-refractivity contribution in [2.75, 3.05) is 0 Å². The van der Waals surface area contributed by atoms with Crippen LogP contribution in [0, 0.1) is 0 Å². The summed E-state index contributed by atoms with van der Waals surface area (Å²) >= 11 is 9.55. The van der Waals surface area contributed by atoms with Gasteiger partial charge in [0.05, 0.1) is 5.02 Å². The fourth-order valence-electron chi connectivity index (χ4n) is 2.19. The van der Waals surface area contributed by atoms with Crippen LogP contribution in [0.2, 0.25) is 5.02 Å². The number of nitrogens with one attached hydrogen (secondary N) is 1. The molecule has 0 bridgehead atoms. The molecular formula is C15H12BrClN2O. The number of hydrogen-bond acceptors (Lipinski definition) is 3. The first-order valence-corrected chi connectivity index (χ1v) is 7.25. The molecule has 1 unspecified atom stereocenters. The molecule has 2 aromatic carbocycles. The molecule has 3 aromatic rings. The van der Waals surface area contributed by atoms with Crippen LogP contribution in [0.15, 0.2) is 57.4 Å². The molecular weight excluding hydrogens is 340 g/mol. The third-order valence-electron chi connectivity index (χ3n) is 3.17. The Morgan fingerprint density at radius 3 is 2.55 bits per heavy atom. The van der Waals surface area contributed by atoms with Gasteiger partial charge in [0.1, 0.15) is 11.8 Å². The van der Waals surface area contributed by atoms with Crippen molar-refractivity contribution in [3.8, 4) is 0 Å². The Labute approximate surface area is 129 Å². The van der Waals surface area contributed by atoms with Crippen molar-refractivity contribution in [2.24, 2.45) is 5.84 Å². The van der Waals surface area contributed by atoms with E-state index < -0.39 is 0 Å². The molecule has 0 amide bonds. The van der Waals surface area contributed by atoms with Gasteiger partial charge in [-0.1, -0.05) is 51.8 Å². The van der Waals surface area contributed by atoms with Crippen LogP contribution in [0.1, 0.15) is 17.4 Å². The average molecular weight is 352 g/mol. The summed E-state index contributed by atoms with van der Waals surface area (Å²) in [6.45, 7) is 0. The van der Waals surface area contributed by atoms with Gasteiger partial charge >= 0.3 is 0 Å². The predicted molar refractivity (Wildman–Crippen MR) is 84.5 cm³/mol. The number of furan rings is 1. The van der Waals surface area contributed by atoms with Crippen LogP contribution in [0.5, 0.6) is 0 Å². The van der Waals surface area contributed by atoms with Crippen LogP contribution in [0.3, 0.4) is 0 Å². The number of benzene rings is 2. The van der Waals surface area contributed by atoms with E-state index in [0.717, 1.165) is 21.2 Å². The van der Waals surface area contributed by atoms with Crippen molar-refractivity contribution in [3.63, 3.8) is 0 Å². The van der Waals surface area contributed by atoms with Crippen molar-refractivity contribution in [1.82, 2.24) is 5.43 Å². The lowest BCUT2D eigenvalue weighted by Gasteiger charge is -2.13. The van der Waals surface area contributed by atoms with Crippen molar-refractivity contribution in [2.45, 2.75) is 6.04 Å². The zero-order chi connectivity index (χ0) is 14.1. The maximum Gasteiger partial charge on any atom is 0.152 e. The van der Waals surface area contributed by atoms with Gasteiger partial charge in [-0.25, -0.2) is 5.43 Å². The van der Waals surface area contributed by atoms with Gasteiger partial charge in [-0.05, 0) is 29.8 Å². The quantitative estimate of drug-likeness (QED) is 0.543. The molecule has 0 saturated heterocycles. The summed E-state index contributed by atoms with van der Waals surface area (Å²) in [7, 11) is 0. The monoisotopic (exact) mass is 350 g/mol. The van der Waals surface area contributed by atoms with Crippen LogP contribution in [0.25, 0.3) is 11.0 Å². The lowest BCUT2D eigenvalue weighted by molar-refractivity contribution is 0.477. The molecule has 3 N–H and O–H groups in total. The number of hydrogen-bond donors (Lipinski definition) is 2. The molecule has 1 heterocycles. The minimum atomic E-state index is -0.216. The highest BCUT2D eigenvalue weighted by atomic mass is 79.9. The molecule has 3 rings (SSSR count). The van der Waals surface area contributed by atoms with Gasteiger partial charge in [-0.3, -0.25) is 5.84 Å². The average Bonchev–Trinajstić information content (AvgIpc) is 2.87. The summed E-state index contributed by atoms with van der Waals surface area (Å²) in [5.41, 5.74) is 4.48. The summed E-state index contributed by atoms with van der Waals surface area (Å²) in [6.07, 6.45) is 0. The smallest absolute Gasteiger partial charge is 0.152 e. The number of fused-ring (bicyclic) bond motifs is 1. The van der Waals surface area contributed by atoms with Crippen molar-refractivity contribution in [3.05, 3.63) is 69.3 Å². The van der Waals surface area contributed by atoms with Gasteiger partial charge in [-0.15, -0.1) is 0 Å². The molecule has 102 valence electrons. The van der Waals surface area contributed by atoms with Crippen LogP contribution < -0.4 is 11.3 Å². The molecule has 5 heteroatoms. The van der Waals surface area contributed by atoms with Gasteiger partial charge in [0.25, 0.3) is 0 Å². The molecule has 0 radical (unpaired) electrons. The van der Waals surface area contributed by atoms with E-state index >= 15 is 0 Å². The number of rotatable bonds is 3. The summed E-state index contributed by atoms with van der Waals surface area (Å²) < 4.78 is 6.87. The topological polar surface area (TPSA) is 51.2 Å². The molecule has 1 atom stereocenters. The van der Waals surface area contributed by atoms with Gasteiger partial charge in [-0.2, -0.15) is 0 Å². The van der Waals surface area contributed by atoms with Crippen molar-refractivity contribution < 1.29 is 4.42 Å². The minimum Gasteiger partial charge on any atom is -0.457 e. The first kappa shape index (κ1) is 13.6. The Balaban J connectivity index is 2.07. The van der Waals surface area contributed by atoms with Gasteiger partial charge in [0, 0.05) is 9.86 Å². The van der Waals surface area contributed by atoms with Gasteiger partial charge < -0.3 is 4.42 Å². The first-order valence-electron chi connectivity index (χ1n) is 6.08. The number of hydrazine groups is 1. The highest BCUT2D eigenvalue weighted by Crippen LogP contribution is 2.31. The molecule has 0 aliphatic rings. The lowest BCUT2D eigenvalue weighted by atomic mass is 10.1. The van der Waals surface area contributed by atoms with E-state index in [1.807, 2.05) is 48.5 Å². The van der Waals surface area contributed by atoms with Gasteiger partial charge in [0.2, 0.25) is 0 Å². The third-order valence-corrected chi connectivity index (χ3v) is 4.00. The zero-order valence-electron chi connectivity index (χ0n) is 10.4. The van der Waals surface area contributed by atoms with E-state index in [0.29, 0.717) is 10.6 Å². The Kier molecular flexibility index (Phi) is 3.81. The fraction of sp³-hybridized carbons (Fsp3) is 0.0667. The summed E-state index contributed by atoms with van der Waals surface area (Å²) in [5.74, 6) is 6.41. The maximum absolute atomic E-state index is 6.13. The maximum atomic E-state index is 6.13. The predicted octanol–water partition coefficient (Wildman–Crippen LogP) is 4.40. The minimum absolute atomic E-state index is 0.216. The van der Waals surface area contributed by atoms with Crippen LogP contribution in [0.4, 0.5) is 0 Å². The fourth-order valence-corrected chi connectivity index (χ4v) is 2.67. The van der Waals surface area contributed by atoms with Crippen LogP contribution in [-0.4, -0.2) is 0 Å². The van der Waals surface area contributed by atoms with E-state index in [4.69, 9.17) is 21.9 Å². The van der Waals surface area contributed by atoms with E-state index in [2.05, 4.69) is 21.4 Å². The third kappa shape index (κ3) is 2.47. The van der Waals surface area contributed by atoms with Crippen molar-refractivity contribution >= 4 is 38.5 Å². The van der Waals surface area contributed by atoms with E-state index in [1.54, 1.807) is 0 Å². The second-order valence-electron chi connectivity index (χ2n) is 4.46. The number of halogens is 2. The Bertz CT molecular complexity index is 739. The summed E-state index contributed by atoms with van der Waals surface area (Å²) in [6, 6.07) is 15.3. The van der Waals surface area contributed by atoms with Crippen molar-refractivity contribution in [1.29, 1.82) is 0 Å². The Morgan fingerprint density at radius 1 is 1.15 bits per heavy atom. The first-order chi connectivity index (χ1) is 9.69. The molecule has 20 heavy (non-hydrogen) atoms. The standard InChI is InChI=1S/C15H12BrClN2O/c16-11-6-4-9(5-7-11)14(19-18)13-8-10-2-1-3-12(17)15(10)20-13/h1-8,14,19H,18H2. The second-order valence-corrected chi connectivity index (χ2v) is 5.78. The SMILES string of the molecule is NNC(c1ccc(Br)cc1)c1cc2cccc(Cl)c2o1. The molecule has 0 saturated carbocycles. The largest absolute Gasteiger partial charge is 0.457 e. The molecule has 0 fully saturated rings. The number of nitrogens with two attached hydrogens (primary N) is 1. The van der Waals surface area contributed by atoms with E-state index in [9.17, 15) is 0 Å². The second kappa shape index (κ2) is 5.58. The molecule has 3 nitrogen and oxygen atoms in total. The zero-order valence-corrected chi connectivity index (χ0v) is 12.8. The normalized spacial score (nSPS) is 12.8. The number of para-hydroxylation sites is 1. The lowest BCUT2D eigenvalue weighted by Crippen LogP contribution is -2.28. The Hall–Kier alpha value is -1.33. The van der Waals surface area contributed by atoms with E-state index in [-0.39, 0.29) is 6.04 Å². The molecule has 0 aliphatic heterocycles. The Morgan fingerprint density at radius 2 is 1.90 bits per heavy atom. The molecule has 0 spiro atoms. The van der Waals surface area contributed by atoms with Crippen LogP contribution in [-0.2, 0) is 0 Å². The highest BCUT2D eigenvalue weighted by molar-refractivity contribution is 9.10. The summed E-state index contributed by atoms with van der Waals surface area (Å²) in [4.78, 5) is 0. The molecule has 0 aliphatic carbocycles. The van der Waals surface area contributed by atoms with E-state index in [1.165, 1.54) is 0 Å². The van der Waals surface area contributed by atoms with Gasteiger partial charge in [0.15, 0.2) is 5.58 Å². The van der Waals surface area contributed by atoms with Crippen LogP contribution >= 0.6 is 27.5 Å². The molecule has 1 aromatic heterocycles. The summed E-state index contributed by atoms with van der Waals surface area (Å²) in [5, 5.41) is 1.56. The highest BCUT2D eigenvalue weighted by Gasteiger charge is 2.18.